The Morgan fingerprint density at radius 3 is 2.20 bits per heavy atom. The molecule has 1 fully saturated rings. The summed E-state index contributed by atoms with van der Waals surface area (Å²) >= 11 is 0. The zero-order valence-corrected chi connectivity index (χ0v) is 12.6. The van der Waals surface area contributed by atoms with Crippen LogP contribution in [0.1, 0.15) is 56.9 Å². The van der Waals surface area contributed by atoms with E-state index in [0.29, 0.717) is 6.54 Å². The Morgan fingerprint density at radius 1 is 1.00 bits per heavy atom. The molecule has 1 aromatic rings. The van der Waals surface area contributed by atoms with Crippen LogP contribution in [0.5, 0.6) is 0 Å². The Hall–Kier alpha value is -0.860. The molecule has 1 unspecified atom stereocenters. The predicted molar refractivity (Wildman–Crippen MR) is 84.6 cm³/mol. The first-order valence-electron chi connectivity index (χ1n) is 8.19. The number of hydrogen-bond donors (Lipinski definition) is 2. The van der Waals surface area contributed by atoms with Crippen LogP contribution in [0.3, 0.4) is 0 Å². The lowest BCUT2D eigenvalue weighted by Gasteiger charge is -2.39. The molecule has 1 aromatic carbocycles. The van der Waals surface area contributed by atoms with Crippen LogP contribution in [0, 0.1) is 5.41 Å². The van der Waals surface area contributed by atoms with E-state index in [1.807, 2.05) is 6.07 Å². The third-order valence-corrected chi connectivity index (χ3v) is 5.01. The second-order valence-corrected chi connectivity index (χ2v) is 6.37. The number of hydrogen-bond acceptors (Lipinski definition) is 2. The molecule has 0 aliphatic heterocycles. The van der Waals surface area contributed by atoms with E-state index in [0.717, 1.165) is 25.7 Å². The Labute approximate surface area is 123 Å². The molecule has 20 heavy (non-hydrogen) atoms. The van der Waals surface area contributed by atoms with Crippen LogP contribution in [0.4, 0.5) is 0 Å². The Kier molecular flexibility index (Phi) is 6.06. The van der Waals surface area contributed by atoms with Gasteiger partial charge in [-0.15, -0.1) is 0 Å². The summed E-state index contributed by atoms with van der Waals surface area (Å²) in [4.78, 5) is 0. The number of aryl methyl sites for hydroxylation is 1. The highest BCUT2D eigenvalue weighted by Crippen LogP contribution is 2.38. The minimum absolute atomic E-state index is 0.0325. The summed E-state index contributed by atoms with van der Waals surface area (Å²) in [6.45, 7) is 0.628. The van der Waals surface area contributed by atoms with Crippen LogP contribution in [-0.2, 0) is 6.42 Å². The fourth-order valence-corrected chi connectivity index (χ4v) is 3.54. The molecule has 0 spiro atoms. The molecule has 1 atom stereocenters. The van der Waals surface area contributed by atoms with E-state index in [2.05, 4.69) is 24.3 Å². The van der Waals surface area contributed by atoms with Gasteiger partial charge in [0.25, 0.3) is 0 Å². The third-order valence-electron chi connectivity index (χ3n) is 5.01. The molecular weight excluding hydrogens is 246 g/mol. The SMILES string of the molecule is NCC1(C(O)CCc2ccccc2)CCCCCCC1. The van der Waals surface area contributed by atoms with Gasteiger partial charge in [-0.1, -0.05) is 62.4 Å². The highest BCUT2D eigenvalue weighted by atomic mass is 16.3. The van der Waals surface area contributed by atoms with Crippen LogP contribution >= 0.6 is 0 Å². The van der Waals surface area contributed by atoms with Gasteiger partial charge in [-0.3, -0.25) is 0 Å². The second kappa shape index (κ2) is 7.80. The lowest BCUT2D eigenvalue weighted by Crippen LogP contribution is -2.42. The molecular formula is C18H29NO. The summed E-state index contributed by atoms with van der Waals surface area (Å²) in [6, 6.07) is 10.4. The number of aliphatic hydroxyl groups is 1. The highest BCUT2D eigenvalue weighted by molar-refractivity contribution is 5.14. The fourth-order valence-electron chi connectivity index (χ4n) is 3.54. The molecule has 2 rings (SSSR count). The van der Waals surface area contributed by atoms with Crippen molar-refractivity contribution in [3.8, 4) is 0 Å². The lowest BCUT2D eigenvalue weighted by molar-refractivity contribution is 0.00482. The number of nitrogens with two attached hydrogens (primary N) is 1. The van der Waals surface area contributed by atoms with E-state index in [4.69, 9.17) is 5.73 Å². The van der Waals surface area contributed by atoms with Crippen LogP contribution in [0.25, 0.3) is 0 Å². The van der Waals surface area contributed by atoms with Gasteiger partial charge in [0.2, 0.25) is 0 Å². The Morgan fingerprint density at radius 2 is 1.60 bits per heavy atom. The first kappa shape index (κ1) is 15.5. The molecule has 2 nitrogen and oxygen atoms in total. The van der Waals surface area contributed by atoms with Crippen molar-refractivity contribution in [2.24, 2.45) is 11.1 Å². The minimum atomic E-state index is -0.259. The number of benzene rings is 1. The summed E-state index contributed by atoms with van der Waals surface area (Å²) in [5.41, 5.74) is 7.35. The van der Waals surface area contributed by atoms with Crippen LogP contribution in [-0.4, -0.2) is 17.8 Å². The van der Waals surface area contributed by atoms with Gasteiger partial charge in [0, 0.05) is 12.0 Å². The van der Waals surface area contributed by atoms with Gasteiger partial charge >= 0.3 is 0 Å². The molecule has 0 saturated heterocycles. The Bertz CT molecular complexity index is 368. The maximum absolute atomic E-state index is 10.7. The molecule has 2 heteroatoms. The first-order valence-corrected chi connectivity index (χ1v) is 8.19. The highest BCUT2D eigenvalue weighted by Gasteiger charge is 2.35. The normalized spacial score (nSPS) is 20.9. The molecule has 0 heterocycles. The van der Waals surface area contributed by atoms with Crippen molar-refractivity contribution < 1.29 is 5.11 Å². The largest absolute Gasteiger partial charge is 0.392 e. The average Bonchev–Trinajstić information content (AvgIpc) is 2.46. The van der Waals surface area contributed by atoms with Crippen molar-refractivity contribution >= 4 is 0 Å². The van der Waals surface area contributed by atoms with Gasteiger partial charge in [0.05, 0.1) is 6.10 Å². The minimum Gasteiger partial charge on any atom is -0.392 e. The van der Waals surface area contributed by atoms with Gasteiger partial charge in [-0.2, -0.15) is 0 Å². The summed E-state index contributed by atoms with van der Waals surface area (Å²) < 4.78 is 0. The molecule has 112 valence electrons. The van der Waals surface area contributed by atoms with Gasteiger partial charge in [-0.25, -0.2) is 0 Å². The quantitative estimate of drug-likeness (QED) is 0.861. The fraction of sp³-hybridized carbons (Fsp3) is 0.667. The van der Waals surface area contributed by atoms with Crippen molar-refractivity contribution in [2.45, 2.75) is 63.9 Å². The standard InChI is InChI=1S/C18H29NO/c19-15-18(13-7-2-1-3-8-14-18)17(20)12-11-16-9-5-4-6-10-16/h4-6,9-10,17,20H,1-3,7-8,11-15,19H2. The van der Waals surface area contributed by atoms with E-state index < -0.39 is 0 Å². The molecule has 0 amide bonds. The molecule has 0 bridgehead atoms. The molecule has 1 aliphatic carbocycles. The van der Waals surface area contributed by atoms with Crippen LogP contribution < -0.4 is 5.73 Å². The topological polar surface area (TPSA) is 46.2 Å². The van der Waals surface area contributed by atoms with E-state index in [1.165, 1.54) is 37.7 Å². The molecule has 1 saturated carbocycles. The van der Waals surface area contributed by atoms with Crippen LogP contribution in [0.15, 0.2) is 30.3 Å². The summed E-state index contributed by atoms with van der Waals surface area (Å²) in [5.74, 6) is 0. The summed E-state index contributed by atoms with van der Waals surface area (Å²) in [7, 11) is 0. The summed E-state index contributed by atoms with van der Waals surface area (Å²) in [5, 5.41) is 10.7. The third kappa shape index (κ3) is 4.07. The average molecular weight is 275 g/mol. The van der Waals surface area contributed by atoms with Crippen molar-refractivity contribution in [3.63, 3.8) is 0 Å². The van der Waals surface area contributed by atoms with Crippen molar-refractivity contribution in [2.75, 3.05) is 6.54 Å². The number of aliphatic hydroxyl groups excluding tert-OH is 1. The van der Waals surface area contributed by atoms with E-state index in [1.54, 1.807) is 0 Å². The van der Waals surface area contributed by atoms with Crippen molar-refractivity contribution in [1.82, 2.24) is 0 Å². The van der Waals surface area contributed by atoms with Gasteiger partial charge < -0.3 is 10.8 Å². The monoisotopic (exact) mass is 275 g/mol. The van der Waals surface area contributed by atoms with Gasteiger partial charge in [-0.05, 0) is 31.2 Å². The van der Waals surface area contributed by atoms with Crippen molar-refractivity contribution in [1.29, 1.82) is 0 Å². The van der Waals surface area contributed by atoms with E-state index in [-0.39, 0.29) is 11.5 Å². The van der Waals surface area contributed by atoms with E-state index in [9.17, 15) is 5.11 Å². The van der Waals surface area contributed by atoms with Crippen molar-refractivity contribution in [3.05, 3.63) is 35.9 Å². The van der Waals surface area contributed by atoms with Gasteiger partial charge in [0.15, 0.2) is 0 Å². The maximum Gasteiger partial charge on any atom is 0.0611 e. The maximum atomic E-state index is 10.7. The predicted octanol–water partition coefficient (Wildman–Crippen LogP) is 3.67. The molecule has 0 aromatic heterocycles. The summed E-state index contributed by atoms with van der Waals surface area (Å²) in [6.07, 6.45) is 10.1. The molecule has 3 N–H and O–H groups in total. The second-order valence-electron chi connectivity index (χ2n) is 6.37. The smallest absolute Gasteiger partial charge is 0.0611 e. The molecule has 1 aliphatic rings. The molecule has 0 radical (unpaired) electrons. The zero-order chi connectivity index (χ0) is 14.3. The lowest BCUT2D eigenvalue weighted by atomic mass is 9.71. The Balaban J connectivity index is 1.94. The first-order chi connectivity index (χ1) is 9.77. The number of rotatable bonds is 5. The van der Waals surface area contributed by atoms with E-state index >= 15 is 0 Å². The zero-order valence-electron chi connectivity index (χ0n) is 12.6. The van der Waals surface area contributed by atoms with Crippen LogP contribution in [0.2, 0.25) is 0 Å². The van der Waals surface area contributed by atoms with Gasteiger partial charge in [0.1, 0.15) is 0 Å².